The van der Waals surface area contributed by atoms with Gasteiger partial charge in [-0.3, -0.25) is 9.21 Å². The van der Waals surface area contributed by atoms with Gasteiger partial charge in [0, 0.05) is 76.1 Å². The number of hydrogen-bond donors (Lipinski definition) is 2. The lowest BCUT2D eigenvalue weighted by molar-refractivity contribution is 0.0981. The summed E-state index contributed by atoms with van der Waals surface area (Å²) in [5, 5.41) is 6.41. The Morgan fingerprint density at radius 1 is 1.00 bits per heavy atom. The van der Waals surface area contributed by atoms with Crippen LogP contribution in [0.4, 0.5) is 38.9 Å². The molecule has 4 aliphatic heterocycles. The van der Waals surface area contributed by atoms with Crippen molar-refractivity contribution >= 4 is 56.1 Å². The topological polar surface area (TPSA) is 125 Å². The Morgan fingerprint density at radius 3 is 2.36 bits per heavy atom. The smallest absolute Gasteiger partial charge is 0.232 e. The monoisotopic (exact) mass is 732 g/mol. The number of hydrogen-bond acceptors (Lipinski definition) is 12. The Kier molecular flexibility index (Phi) is 11.3. The molecule has 2 fully saturated rings. The standard InChI is InChI=1S/C34H46ClFN8O5S/c1-5-44(50(4,45)46)28-20-30-25(36)18-26(28)38-33-24(35)22-37-34(40-33)39-27-19-32(49-17-7-6-16-48-30)29(21-31(27)47-3)43-10-8-23(9-11-43)42-14-12-41(2)13-15-42/h18-23H,5-17H2,1-4H3,(H2,37,38,39,40). The van der Waals surface area contributed by atoms with Crippen LogP contribution in [0.3, 0.4) is 0 Å². The number of ether oxygens (including phenoxy) is 3. The van der Waals surface area contributed by atoms with Crippen LogP contribution in [-0.4, -0.2) is 114 Å². The second kappa shape index (κ2) is 15.6. The zero-order chi connectivity index (χ0) is 35.4. The highest BCUT2D eigenvalue weighted by Gasteiger charge is 2.29. The molecule has 0 atom stereocenters. The average molecular weight is 733 g/mol. The summed E-state index contributed by atoms with van der Waals surface area (Å²) in [4.78, 5) is 16.3. The number of fused-ring (bicyclic) bond motifs is 7. The van der Waals surface area contributed by atoms with Gasteiger partial charge >= 0.3 is 0 Å². The Morgan fingerprint density at radius 2 is 1.70 bits per heavy atom. The van der Waals surface area contributed by atoms with Gasteiger partial charge in [0.05, 0.1) is 55.5 Å². The molecule has 272 valence electrons. The number of methoxy groups -OCH3 is 1. The largest absolute Gasteiger partial charge is 0.494 e. The van der Waals surface area contributed by atoms with Crippen molar-refractivity contribution in [3.05, 3.63) is 41.3 Å². The number of piperazine rings is 1. The number of sulfonamides is 1. The lowest BCUT2D eigenvalue weighted by Crippen LogP contribution is -2.52. The van der Waals surface area contributed by atoms with Crippen molar-refractivity contribution in [1.29, 1.82) is 0 Å². The molecule has 13 nitrogen and oxygen atoms in total. The summed E-state index contributed by atoms with van der Waals surface area (Å²) in [5.41, 5.74) is 1.87. The number of piperidine rings is 1. The fraction of sp³-hybridized carbons (Fsp3) is 0.529. The highest BCUT2D eigenvalue weighted by molar-refractivity contribution is 7.92. The molecule has 50 heavy (non-hydrogen) atoms. The summed E-state index contributed by atoms with van der Waals surface area (Å²) >= 11 is 6.51. The first kappa shape index (κ1) is 36.0. The highest BCUT2D eigenvalue weighted by Crippen LogP contribution is 2.42. The normalized spacial score (nSPS) is 18.2. The van der Waals surface area contributed by atoms with Gasteiger partial charge in [0.2, 0.25) is 16.0 Å². The van der Waals surface area contributed by atoms with Crippen LogP contribution in [0.1, 0.15) is 32.6 Å². The lowest BCUT2D eigenvalue weighted by Gasteiger charge is -2.42. The molecule has 2 saturated heterocycles. The van der Waals surface area contributed by atoms with Crippen LogP contribution in [0.15, 0.2) is 30.5 Å². The molecule has 6 bridgehead atoms. The van der Waals surface area contributed by atoms with Gasteiger partial charge in [0.1, 0.15) is 16.5 Å². The Hall–Kier alpha value is -3.79. The van der Waals surface area contributed by atoms with Crippen LogP contribution < -0.4 is 34.0 Å². The summed E-state index contributed by atoms with van der Waals surface area (Å²) in [6.45, 7) is 8.61. The maximum absolute atomic E-state index is 15.4. The Balaban J connectivity index is 1.32. The van der Waals surface area contributed by atoms with Crippen molar-refractivity contribution in [3.8, 4) is 17.2 Å². The Labute approximate surface area is 298 Å². The third-order valence-electron chi connectivity index (χ3n) is 9.44. The number of benzene rings is 2. The van der Waals surface area contributed by atoms with Gasteiger partial charge in [-0.1, -0.05) is 11.6 Å². The first-order valence-corrected chi connectivity index (χ1v) is 19.3. The molecule has 0 saturated carbocycles. The van der Waals surface area contributed by atoms with Crippen LogP contribution in [0.5, 0.6) is 17.2 Å². The molecule has 2 aromatic carbocycles. The number of nitrogens with one attached hydrogen (secondary N) is 2. The van der Waals surface area contributed by atoms with Crippen LogP contribution >= 0.6 is 11.6 Å². The number of halogens is 2. The number of rotatable bonds is 6. The van der Waals surface area contributed by atoms with Gasteiger partial charge in [0.25, 0.3) is 0 Å². The summed E-state index contributed by atoms with van der Waals surface area (Å²) in [7, 11) is 0.0696. The Bertz CT molecular complexity index is 1770. The summed E-state index contributed by atoms with van der Waals surface area (Å²) < 4.78 is 60.2. The summed E-state index contributed by atoms with van der Waals surface area (Å²) in [6, 6.07) is 7.02. The van der Waals surface area contributed by atoms with Crippen LogP contribution in [0, 0.1) is 5.82 Å². The fourth-order valence-electron chi connectivity index (χ4n) is 6.71. The molecule has 7 rings (SSSR count). The number of nitrogens with zero attached hydrogens (tertiary/aromatic N) is 6. The second-order valence-electron chi connectivity index (χ2n) is 12.8. The molecule has 0 spiro atoms. The van der Waals surface area contributed by atoms with Gasteiger partial charge in [-0.2, -0.15) is 4.98 Å². The van der Waals surface area contributed by atoms with Crippen LogP contribution in [0.25, 0.3) is 0 Å². The molecular weight excluding hydrogens is 687 g/mol. The number of likely N-dealkylation sites (N-methyl/N-ethyl adjacent to an activating group) is 1. The van der Waals surface area contributed by atoms with E-state index in [9.17, 15) is 8.42 Å². The van der Waals surface area contributed by atoms with E-state index in [1.165, 1.54) is 18.3 Å². The van der Waals surface area contributed by atoms with E-state index in [-0.39, 0.29) is 47.1 Å². The fourth-order valence-corrected chi connectivity index (χ4v) is 7.83. The van der Waals surface area contributed by atoms with E-state index in [2.05, 4.69) is 42.3 Å². The van der Waals surface area contributed by atoms with E-state index in [0.717, 1.165) is 68.4 Å². The molecule has 0 amide bonds. The van der Waals surface area contributed by atoms with Gasteiger partial charge in [-0.15, -0.1) is 0 Å². The third kappa shape index (κ3) is 8.22. The maximum atomic E-state index is 15.4. The van der Waals surface area contributed by atoms with Gasteiger partial charge in [-0.25, -0.2) is 17.8 Å². The molecular formula is C34H46ClFN8O5S. The number of aromatic nitrogens is 2. The lowest BCUT2D eigenvalue weighted by atomic mass is 10.0. The summed E-state index contributed by atoms with van der Waals surface area (Å²) in [6.07, 6.45) is 5.85. The molecule has 0 radical (unpaired) electrons. The van der Waals surface area contributed by atoms with Gasteiger partial charge in [-0.05, 0) is 39.7 Å². The molecule has 5 heterocycles. The second-order valence-corrected chi connectivity index (χ2v) is 15.2. The van der Waals surface area contributed by atoms with Crippen LogP contribution in [0.2, 0.25) is 5.02 Å². The van der Waals surface area contributed by atoms with E-state index >= 15 is 4.39 Å². The highest BCUT2D eigenvalue weighted by atomic mass is 35.5. The third-order valence-corrected chi connectivity index (χ3v) is 11.0. The summed E-state index contributed by atoms with van der Waals surface area (Å²) in [5.74, 6) is 0.873. The first-order chi connectivity index (χ1) is 24.0. The van der Waals surface area contributed by atoms with E-state index in [1.54, 1.807) is 14.0 Å². The molecule has 3 aromatic rings. The predicted octanol–water partition coefficient (Wildman–Crippen LogP) is 5.32. The number of anilines is 6. The van der Waals surface area contributed by atoms with Crippen molar-refractivity contribution in [2.75, 3.05) is 99.3 Å². The zero-order valence-electron chi connectivity index (χ0n) is 29.0. The van der Waals surface area contributed by atoms with E-state index in [4.69, 9.17) is 25.8 Å². The maximum Gasteiger partial charge on any atom is 0.232 e. The minimum absolute atomic E-state index is 0.0621. The van der Waals surface area contributed by atoms with Crippen molar-refractivity contribution < 1.29 is 27.0 Å². The van der Waals surface area contributed by atoms with Crippen molar-refractivity contribution in [2.45, 2.75) is 38.6 Å². The first-order valence-electron chi connectivity index (χ1n) is 17.1. The molecule has 0 unspecified atom stereocenters. The molecule has 0 aliphatic carbocycles. The molecule has 16 heteroatoms. The van der Waals surface area contributed by atoms with Crippen molar-refractivity contribution in [3.63, 3.8) is 0 Å². The molecule has 1 aromatic heterocycles. The van der Waals surface area contributed by atoms with Crippen molar-refractivity contribution in [1.82, 2.24) is 19.8 Å². The van der Waals surface area contributed by atoms with E-state index in [0.29, 0.717) is 42.7 Å². The van der Waals surface area contributed by atoms with E-state index < -0.39 is 15.8 Å². The van der Waals surface area contributed by atoms with Gasteiger partial charge < -0.3 is 34.6 Å². The van der Waals surface area contributed by atoms with Gasteiger partial charge in [0.15, 0.2) is 17.4 Å². The van der Waals surface area contributed by atoms with Crippen molar-refractivity contribution in [2.24, 2.45) is 0 Å². The minimum atomic E-state index is -3.72. The quantitative estimate of drug-likeness (QED) is 0.341. The SMILES string of the molecule is CCN(c1cc2c(F)cc1Nc1nc(ncc1Cl)Nc1cc(c(N3CCC(N4CCN(C)CC4)CC3)cc1OC)OCCCCO2)S(C)(=O)=O. The minimum Gasteiger partial charge on any atom is -0.494 e. The molecule has 4 aliphatic rings. The average Bonchev–Trinajstić information content (AvgIpc) is 3.09. The van der Waals surface area contributed by atoms with E-state index in [1.807, 2.05) is 12.1 Å². The zero-order valence-corrected chi connectivity index (χ0v) is 30.6. The predicted molar refractivity (Wildman–Crippen MR) is 195 cm³/mol. The molecule has 2 N–H and O–H groups in total. The van der Waals surface area contributed by atoms with Crippen LogP contribution in [-0.2, 0) is 10.0 Å².